The second-order valence-electron chi connectivity index (χ2n) is 3.85. The summed E-state index contributed by atoms with van der Waals surface area (Å²) in [5, 5.41) is 4.60. The van der Waals surface area contributed by atoms with E-state index in [1.165, 1.54) is 0 Å². The molecule has 0 aliphatic carbocycles. The fourth-order valence-electron chi connectivity index (χ4n) is 1.41. The first kappa shape index (κ1) is 14.3. The normalized spacial score (nSPS) is 12.6. The van der Waals surface area contributed by atoms with Crippen LogP contribution in [0.1, 0.15) is 17.8 Å². The minimum absolute atomic E-state index is 0.353. The average Bonchev–Trinajstić information content (AvgIpc) is 2.87. The number of ether oxygens (including phenoxy) is 1. The quantitative estimate of drug-likeness (QED) is 0.827. The minimum Gasteiger partial charge on any atom is -0.383 e. The molecule has 0 saturated carbocycles. The van der Waals surface area contributed by atoms with Gasteiger partial charge in [-0.25, -0.2) is 0 Å². The Labute approximate surface area is 120 Å². The zero-order valence-electron chi connectivity index (χ0n) is 10.4. The third-order valence-corrected chi connectivity index (χ3v) is 3.59. The van der Waals surface area contributed by atoms with Gasteiger partial charge in [-0.3, -0.25) is 0 Å². The van der Waals surface area contributed by atoms with Crippen LogP contribution in [0.4, 0.5) is 0 Å². The van der Waals surface area contributed by atoms with Crippen LogP contribution in [0, 0.1) is 0 Å². The van der Waals surface area contributed by atoms with E-state index in [0.717, 1.165) is 9.92 Å². The second-order valence-corrected chi connectivity index (χ2v) is 5.34. The maximum Gasteiger partial charge on any atom is 0.245 e. The lowest BCUT2D eigenvalue weighted by molar-refractivity contribution is 0.166. The Hall–Kier alpha value is -1.08. The molecule has 0 fully saturated rings. The van der Waals surface area contributed by atoms with Crippen molar-refractivity contribution < 1.29 is 9.26 Å². The molecule has 0 bridgehead atoms. The Morgan fingerprint density at radius 2 is 2.16 bits per heavy atom. The maximum atomic E-state index is 5.82. The van der Waals surface area contributed by atoms with Gasteiger partial charge in [-0.2, -0.15) is 4.98 Å². The molecule has 2 N–H and O–H groups in total. The summed E-state index contributed by atoms with van der Waals surface area (Å²) >= 11 is 7.43. The molecule has 102 valence electrons. The van der Waals surface area contributed by atoms with Gasteiger partial charge in [-0.05, 0) is 24.3 Å². The SMILES string of the molecule is COCC(N)c1nc(CSc2ccc(Cl)cc2)no1. The number of hydrogen-bond acceptors (Lipinski definition) is 6. The van der Waals surface area contributed by atoms with Crippen LogP contribution in [0.25, 0.3) is 0 Å². The number of hydrogen-bond donors (Lipinski definition) is 1. The Balaban J connectivity index is 1.91. The molecule has 0 amide bonds. The molecule has 1 unspecified atom stereocenters. The van der Waals surface area contributed by atoms with Crippen LogP contribution in [0.5, 0.6) is 0 Å². The number of methoxy groups -OCH3 is 1. The Bertz CT molecular complexity index is 518. The van der Waals surface area contributed by atoms with E-state index in [1.807, 2.05) is 24.3 Å². The standard InChI is InChI=1S/C12H14ClN3O2S/c1-17-6-10(14)12-15-11(16-18-12)7-19-9-4-2-8(13)3-5-9/h2-5,10H,6-7,14H2,1H3. The third-order valence-electron chi connectivity index (χ3n) is 2.33. The van der Waals surface area contributed by atoms with Gasteiger partial charge in [0.15, 0.2) is 5.82 Å². The highest BCUT2D eigenvalue weighted by molar-refractivity contribution is 7.98. The molecule has 7 heteroatoms. The van der Waals surface area contributed by atoms with E-state index in [1.54, 1.807) is 18.9 Å². The summed E-state index contributed by atoms with van der Waals surface area (Å²) < 4.78 is 10.0. The third kappa shape index (κ3) is 4.21. The monoisotopic (exact) mass is 299 g/mol. The molecule has 2 aromatic rings. The van der Waals surface area contributed by atoms with Gasteiger partial charge in [-0.1, -0.05) is 16.8 Å². The van der Waals surface area contributed by atoms with E-state index in [-0.39, 0.29) is 6.04 Å². The maximum absolute atomic E-state index is 5.82. The lowest BCUT2D eigenvalue weighted by Crippen LogP contribution is -2.16. The molecule has 2 rings (SSSR count). The molecule has 5 nitrogen and oxygen atoms in total. The number of aromatic nitrogens is 2. The molecule has 19 heavy (non-hydrogen) atoms. The minimum atomic E-state index is -0.383. The Morgan fingerprint density at radius 1 is 1.42 bits per heavy atom. The average molecular weight is 300 g/mol. The van der Waals surface area contributed by atoms with Gasteiger partial charge in [0.1, 0.15) is 6.04 Å². The van der Waals surface area contributed by atoms with Crippen LogP contribution >= 0.6 is 23.4 Å². The highest BCUT2D eigenvalue weighted by atomic mass is 35.5. The molecule has 1 aromatic heterocycles. The van der Waals surface area contributed by atoms with Gasteiger partial charge >= 0.3 is 0 Å². The second kappa shape index (κ2) is 6.91. The van der Waals surface area contributed by atoms with Crippen molar-refractivity contribution in [3.63, 3.8) is 0 Å². The number of nitrogens with zero attached hydrogens (tertiary/aromatic N) is 2. The van der Waals surface area contributed by atoms with Gasteiger partial charge in [0, 0.05) is 17.0 Å². The largest absolute Gasteiger partial charge is 0.383 e. The van der Waals surface area contributed by atoms with Crippen LogP contribution in [0.2, 0.25) is 5.02 Å². The zero-order chi connectivity index (χ0) is 13.7. The first-order chi connectivity index (χ1) is 9.19. The van der Waals surface area contributed by atoms with Gasteiger partial charge in [0.2, 0.25) is 5.89 Å². The number of rotatable bonds is 6. The molecule has 0 aliphatic rings. The Kier molecular flexibility index (Phi) is 5.21. The van der Waals surface area contributed by atoms with Crippen molar-refractivity contribution in [2.45, 2.75) is 16.7 Å². The van der Waals surface area contributed by atoms with Crippen LogP contribution in [0.3, 0.4) is 0 Å². The zero-order valence-corrected chi connectivity index (χ0v) is 11.9. The van der Waals surface area contributed by atoms with Gasteiger partial charge < -0.3 is 15.0 Å². The van der Waals surface area contributed by atoms with Crippen LogP contribution in [0.15, 0.2) is 33.7 Å². The number of halogens is 1. The summed E-state index contributed by atoms with van der Waals surface area (Å²) in [5.41, 5.74) is 5.80. The number of thioether (sulfide) groups is 1. The summed E-state index contributed by atoms with van der Waals surface area (Å²) in [5.74, 6) is 1.63. The van der Waals surface area contributed by atoms with Gasteiger partial charge in [0.25, 0.3) is 0 Å². The highest BCUT2D eigenvalue weighted by Crippen LogP contribution is 2.23. The topological polar surface area (TPSA) is 74.2 Å². The van der Waals surface area contributed by atoms with E-state index < -0.39 is 0 Å². The summed E-state index contributed by atoms with van der Waals surface area (Å²) in [7, 11) is 1.58. The number of benzene rings is 1. The fraction of sp³-hybridized carbons (Fsp3) is 0.333. The molecule has 1 heterocycles. The van der Waals surface area contributed by atoms with Crippen LogP contribution in [-0.4, -0.2) is 23.9 Å². The van der Waals surface area contributed by atoms with Crippen molar-refractivity contribution in [2.75, 3.05) is 13.7 Å². The molecule has 0 aliphatic heterocycles. The number of nitrogens with two attached hydrogens (primary N) is 1. The van der Waals surface area contributed by atoms with Crippen molar-refractivity contribution in [3.8, 4) is 0 Å². The van der Waals surface area contributed by atoms with E-state index in [4.69, 9.17) is 26.6 Å². The van der Waals surface area contributed by atoms with Crippen molar-refractivity contribution in [2.24, 2.45) is 5.73 Å². The first-order valence-electron chi connectivity index (χ1n) is 5.64. The van der Waals surface area contributed by atoms with E-state index in [9.17, 15) is 0 Å². The van der Waals surface area contributed by atoms with Crippen LogP contribution < -0.4 is 5.73 Å². The van der Waals surface area contributed by atoms with Crippen molar-refractivity contribution in [1.29, 1.82) is 0 Å². The van der Waals surface area contributed by atoms with E-state index in [2.05, 4.69) is 10.1 Å². The summed E-state index contributed by atoms with van der Waals surface area (Å²) in [6.45, 7) is 0.353. The summed E-state index contributed by atoms with van der Waals surface area (Å²) in [6, 6.07) is 7.21. The predicted octanol–water partition coefficient (Wildman–Crippen LogP) is 2.66. The van der Waals surface area contributed by atoms with E-state index >= 15 is 0 Å². The van der Waals surface area contributed by atoms with Gasteiger partial charge in [-0.15, -0.1) is 11.8 Å². The Morgan fingerprint density at radius 3 is 2.84 bits per heavy atom. The molecule has 0 spiro atoms. The smallest absolute Gasteiger partial charge is 0.245 e. The summed E-state index contributed by atoms with van der Waals surface area (Å²) in [4.78, 5) is 5.33. The predicted molar refractivity (Wildman–Crippen MR) is 74.1 cm³/mol. The molecular weight excluding hydrogens is 286 g/mol. The first-order valence-corrected chi connectivity index (χ1v) is 7.00. The van der Waals surface area contributed by atoms with Crippen molar-refractivity contribution >= 4 is 23.4 Å². The van der Waals surface area contributed by atoms with E-state index in [0.29, 0.717) is 24.1 Å². The molecule has 1 aromatic carbocycles. The summed E-state index contributed by atoms with van der Waals surface area (Å²) in [6.07, 6.45) is 0. The van der Waals surface area contributed by atoms with Gasteiger partial charge in [0.05, 0.1) is 12.4 Å². The molecule has 0 saturated heterocycles. The van der Waals surface area contributed by atoms with Crippen molar-refractivity contribution in [3.05, 3.63) is 41.0 Å². The van der Waals surface area contributed by atoms with Crippen molar-refractivity contribution in [1.82, 2.24) is 10.1 Å². The molecule has 1 atom stereocenters. The van der Waals surface area contributed by atoms with Crippen LogP contribution in [-0.2, 0) is 10.5 Å². The molecular formula is C12H14ClN3O2S. The lowest BCUT2D eigenvalue weighted by atomic mass is 10.3. The molecule has 0 radical (unpaired) electrons. The highest BCUT2D eigenvalue weighted by Gasteiger charge is 2.14. The fourth-order valence-corrected chi connectivity index (χ4v) is 2.27. The lowest BCUT2D eigenvalue weighted by Gasteiger charge is -2.02.